The van der Waals surface area contributed by atoms with E-state index in [-0.39, 0.29) is 18.2 Å². The van der Waals surface area contributed by atoms with Crippen LogP contribution >= 0.6 is 0 Å². The van der Waals surface area contributed by atoms with Gasteiger partial charge in [0.15, 0.2) is 0 Å². The summed E-state index contributed by atoms with van der Waals surface area (Å²) < 4.78 is 0. The third kappa shape index (κ3) is 4.63. The predicted octanol–water partition coefficient (Wildman–Crippen LogP) is 2.57. The number of benzene rings is 2. The summed E-state index contributed by atoms with van der Waals surface area (Å²) in [5.41, 5.74) is 6.02. The molecule has 0 bridgehead atoms. The first-order valence-electron chi connectivity index (χ1n) is 6.96. The molecule has 0 heterocycles. The van der Waals surface area contributed by atoms with Crippen LogP contribution in [0.4, 0.5) is 5.69 Å². The average Bonchev–Trinajstić information content (AvgIpc) is 2.50. The summed E-state index contributed by atoms with van der Waals surface area (Å²) in [6.07, 6.45) is 1.42. The van der Waals surface area contributed by atoms with Crippen molar-refractivity contribution in [1.29, 1.82) is 0 Å². The van der Waals surface area contributed by atoms with Gasteiger partial charge in [0.2, 0.25) is 0 Å². The van der Waals surface area contributed by atoms with E-state index in [0.29, 0.717) is 5.56 Å². The number of hydrazone groups is 1. The van der Waals surface area contributed by atoms with E-state index in [9.17, 15) is 9.90 Å². The highest BCUT2D eigenvalue weighted by molar-refractivity contribution is 5.86. The van der Waals surface area contributed by atoms with Crippen LogP contribution in [-0.4, -0.2) is 23.8 Å². The quantitative estimate of drug-likeness (QED) is 0.586. The summed E-state index contributed by atoms with van der Waals surface area (Å²) in [6, 6.07) is 13.0. The van der Waals surface area contributed by atoms with E-state index in [1.807, 2.05) is 38.1 Å². The maximum Gasteiger partial charge on any atom is 0.259 e. The minimum absolute atomic E-state index is 0.125. The SMILES string of the molecule is Cc1ccc(NCC(=O)NN=Cc2cc(C)ccc2O)cc1. The molecular weight excluding hydrogens is 278 g/mol. The normalized spacial score (nSPS) is 10.6. The Morgan fingerprint density at radius 3 is 2.55 bits per heavy atom. The first-order chi connectivity index (χ1) is 10.5. The first kappa shape index (κ1) is 15.6. The Bertz CT molecular complexity index is 679. The molecule has 0 unspecified atom stereocenters. The number of phenolic OH excluding ortho intramolecular Hbond substituents is 1. The van der Waals surface area contributed by atoms with Gasteiger partial charge in [0, 0.05) is 11.3 Å². The second kappa shape index (κ2) is 7.26. The van der Waals surface area contributed by atoms with Crippen LogP contribution in [-0.2, 0) is 4.79 Å². The number of nitrogens with one attached hydrogen (secondary N) is 2. The molecule has 0 radical (unpaired) electrons. The number of hydrogen-bond donors (Lipinski definition) is 3. The maximum absolute atomic E-state index is 11.7. The van der Waals surface area contributed by atoms with E-state index < -0.39 is 0 Å². The molecule has 5 heteroatoms. The molecule has 3 N–H and O–H groups in total. The van der Waals surface area contributed by atoms with Gasteiger partial charge in [-0.05, 0) is 38.1 Å². The molecule has 0 aromatic heterocycles. The van der Waals surface area contributed by atoms with Crippen molar-refractivity contribution >= 4 is 17.8 Å². The first-order valence-corrected chi connectivity index (χ1v) is 6.96. The topological polar surface area (TPSA) is 73.7 Å². The molecule has 0 saturated carbocycles. The standard InChI is InChI=1S/C17H19N3O2/c1-12-3-6-15(7-4-12)18-11-17(22)20-19-10-14-9-13(2)5-8-16(14)21/h3-10,18,21H,11H2,1-2H3,(H,20,22). The van der Waals surface area contributed by atoms with Crippen molar-refractivity contribution in [2.75, 3.05) is 11.9 Å². The number of aromatic hydroxyl groups is 1. The van der Waals surface area contributed by atoms with Gasteiger partial charge >= 0.3 is 0 Å². The van der Waals surface area contributed by atoms with Crippen LogP contribution < -0.4 is 10.7 Å². The molecular formula is C17H19N3O2. The van der Waals surface area contributed by atoms with Crippen molar-refractivity contribution in [2.45, 2.75) is 13.8 Å². The summed E-state index contributed by atoms with van der Waals surface area (Å²) in [4.78, 5) is 11.7. The molecule has 0 spiro atoms. The minimum atomic E-state index is -0.260. The lowest BCUT2D eigenvalue weighted by Crippen LogP contribution is -2.25. The van der Waals surface area contributed by atoms with Crippen LogP contribution in [0.1, 0.15) is 16.7 Å². The number of hydrogen-bond acceptors (Lipinski definition) is 4. The Morgan fingerprint density at radius 2 is 1.82 bits per heavy atom. The summed E-state index contributed by atoms with van der Waals surface area (Å²) >= 11 is 0. The van der Waals surface area contributed by atoms with Crippen LogP contribution in [0.15, 0.2) is 47.6 Å². The highest BCUT2D eigenvalue weighted by Gasteiger charge is 2.01. The van der Waals surface area contributed by atoms with Crippen LogP contribution in [0, 0.1) is 13.8 Å². The van der Waals surface area contributed by atoms with Gasteiger partial charge in [0.25, 0.3) is 5.91 Å². The monoisotopic (exact) mass is 297 g/mol. The van der Waals surface area contributed by atoms with Gasteiger partial charge in [-0.3, -0.25) is 4.79 Å². The minimum Gasteiger partial charge on any atom is -0.507 e. The lowest BCUT2D eigenvalue weighted by Gasteiger charge is -2.05. The molecule has 0 saturated heterocycles. The molecule has 1 amide bonds. The molecule has 2 aromatic rings. The fraction of sp³-hybridized carbons (Fsp3) is 0.176. The number of carbonyl (C=O) groups is 1. The van der Waals surface area contributed by atoms with Crippen molar-refractivity contribution in [3.63, 3.8) is 0 Å². The molecule has 0 aliphatic rings. The largest absolute Gasteiger partial charge is 0.507 e. The Balaban J connectivity index is 1.83. The number of nitrogens with zero attached hydrogens (tertiary/aromatic N) is 1. The Hall–Kier alpha value is -2.82. The van der Waals surface area contributed by atoms with E-state index in [1.54, 1.807) is 18.2 Å². The number of aryl methyl sites for hydroxylation is 2. The number of phenols is 1. The van der Waals surface area contributed by atoms with Gasteiger partial charge in [-0.2, -0.15) is 5.10 Å². The number of carbonyl (C=O) groups excluding carboxylic acids is 1. The van der Waals surface area contributed by atoms with Gasteiger partial charge < -0.3 is 10.4 Å². The van der Waals surface area contributed by atoms with Crippen molar-refractivity contribution in [1.82, 2.24) is 5.43 Å². The molecule has 0 aliphatic heterocycles. The van der Waals surface area contributed by atoms with E-state index in [4.69, 9.17) is 0 Å². The Kier molecular flexibility index (Phi) is 5.14. The zero-order valence-corrected chi connectivity index (χ0v) is 12.6. The van der Waals surface area contributed by atoms with Gasteiger partial charge in [0.05, 0.1) is 12.8 Å². The lowest BCUT2D eigenvalue weighted by molar-refractivity contribution is -0.119. The molecule has 5 nitrogen and oxygen atoms in total. The summed E-state index contributed by atoms with van der Waals surface area (Å²) in [7, 11) is 0. The van der Waals surface area contributed by atoms with Crippen molar-refractivity contribution < 1.29 is 9.90 Å². The molecule has 0 atom stereocenters. The number of amides is 1. The zero-order chi connectivity index (χ0) is 15.9. The van der Waals surface area contributed by atoms with Gasteiger partial charge in [-0.15, -0.1) is 0 Å². The third-order valence-corrected chi connectivity index (χ3v) is 3.08. The predicted molar refractivity (Wildman–Crippen MR) is 88.2 cm³/mol. The Labute approximate surface area is 129 Å². The van der Waals surface area contributed by atoms with E-state index >= 15 is 0 Å². The maximum atomic E-state index is 11.7. The van der Waals surface area contributed by atoms with Gasteiger partial charge in [-0.1, -0.05) is 29.3 Å². The Morgan fingerprint density at radius 1 is 1.14 bits per heavy atom. The zero-order valence-electron chi connectivity index (χ0n) is 12.6. The fourth-order valence-electron chi connectivity index (χ4n) is 1.84. The highest BCUT2D eigenvalue weighted by Crippen LogP contribution is 2.15. The summed E-state index contributed by atoms with van der Waals surface area (Å²) in [5, 5.41) is 16.5. The highest BCUT2D eigenvalue weighted by atomic mass is 16.3. The lowest BCUT2D eigenvalue weighted by atomic mass is 10.1. The van der Waals surface area contributed by atoms with Gasteiger partial charge in [-0.25, -0.2) is 5.43 Å². The molecule has 114 valence electrons. The van der Waals surface area contributed by atoms with Crippen LogP contribution in [0.25, 0.3) is 0 Å². The molecule has 0 fully saturated rings. The molecule has 0 aliphatic carbocycles. The fourth-order valence-corrected chi connectivity index (χ4v) is 1.84. The van der Waals surface area contributed by atoms with E-state index in [2.05, 4.69) is 15.8 Å². The molecule has 2 rings (SSSR count). The van der Waals surface area contributed by atoms with E-state index in [0.717, 1.165) is 16.8 Å². The van der Waals surface area contributed by atoms with Crippen molar-refractivity contribution in [3.8, 4) is 5.75 Å². The smallest absolute Gasteiger partial charge is 0.259 e. The van der Waals surface area contributed by atoms with Crippen molar-refractivity contribution in [2.24, 2.45) is 5.10 Å². The average molecular weight is 297 g/mol. The van der Waals surface area contributed by atoms with E-state index in [1.165, 1.54) is 6.21 Å². The van der Waals surface area contributed by atoms with Crippen LogP contribution in [0.5, 0.6) is 5.75 Å². The number of anilines is 1. The van der Waals surface area contributed by atoms with Crippen LogP contribution in [0.3, 0.4) is 0 Å². The number of rotatable bonds is 5. The third-order valence-electron chi connectivity index (χ3n) is 3.08. The van der Waals surface area contributed by atoms with Gasteiger partial charge in [0.1, 0.15) is 5.75 Å². The van der Waals surface area contributed by atoms with Crippen LogP contribution in [0.2, 0.25) is 0 Å². The summed E-state index contributed by atoms with van der Waals surface area (Å²) in [6.45, 7) is 4.05. The summed E-state index contributed by atoms with van der Waals surface area (Å²) in [5.74, 6) is -0.134. The second-order valence-electron chi connectivity index (χ2n) is 5.08. The second-order valence-corrected chi connectivity index (χ2v) is 5.08. The molecule has 22 heavy (non-hydrogen) atoms. The van der Waals surface area contributed by atoms with Crippen molar-refractivity contribution in [3.05, 3.63) is 59.2 Å². The molecule has 2 aromatic carbocycles.